The van der Waals surface area contributed by atoms with Crippen molar-refractivity contribution < 1.29 is 9.59 Å². The van der Waals surface area contributed by atoms with Gasteiger partial charge in [0.2, 0.25) is 11.1 Å². The van der Waals surface area contributed by atoms with Gasteiger partial charge in [0.05, 0.1) is 5.52 Å². The Balaban J connectivity index is 1.01. The first-order valence-corrected chi connectivity index (χ1v) is 16.9. The Bertz CT molecular complexity index is 1820. The van der Waals surface area contributed by atoms with Crippen molar-refractivity contribution in [3.05, 3.63) is 95.1 Å². The molecule has 0 N–H and O–H groups in total. The van der Waals surface area contributed by atoms with Gasteiger partial charge in [0, 0.05) is 55.3 Å². The number of para-hydroxylation sites is 1. The fourth-order valence-electron chi connectivity index (χ4n) is 6.14. The molecule has 3 heterocycles. The van der Waals surface area contributed by atoms with Crippen molar-refractivity contribution in [2.75, 3.05) is 25.4 Å². The number of nitrogens with zero attached hydrogens (tertiary/aromatic N) is 6. The molecule has 6 rings (SSSR count). The topological polar surface area (TPSA) is 84.2 Å². The molecular weight excluding hydrogens is 581 g/mol. The Morgan fingerprint density at radius 2 is 1.76 bits per heavy atom. The van der Waals surface area contributed by atoms with Crippen LogP contribution in [0.3, 0.4) is 0 Å². The van der Waals surface area contributed by atoms with Gasteiger partial charge in [-0.1, -0.05) is 78.8 Å². The van der Waals surface area contributed by atoms with Crippen molar-refractivity contribution in [2.45, 2.75) is 64.2 Å². The van der Waals surface area contributed by atoms with Gasteiger partial charge in [-0.05, 0) is 62.4 Å². The molecule has 2 amide bonds. The molecule has 232 valence electrons. The maximum atomic E-state index is 13.1. The number of benzene rings is 3. The Hall–Kier alpha value is -4.24. The normalized spacial score (nSPS) is 15.2. The molecule has 5 aromatic rings. The molecular formula is C36H40N6O2S. The molecule has 45 heavy (non-hydrogen) atoms. The van der Waals surface area contributed by atoms with Gasteiger partial charge in [-0.3, -0.25) is 9.59 Å². The second kappa shape index (κ2) is 13.8. The smallest absolute Gasteiger partial charge is 0.254 e. The number of piperazine rings is 1. The van der Waals surface area contributed by atoms with Crippen molar-refractivity contribution in [2.24, 2.45) is 0 Å². The highest BCUT2D eigenvalue weighted by molar-refractivity contribution is 7.99. The van der Waals surface area contributed by atoms with E-state index in [0.29, 0.717) is 43.3 Å². The average Bonchev–Trinajstić information content (AvgIpc) is 3.36. The van der Waals surface area contributed by atoms with Crippen molar-refractivity contribution in [3.63, 3.8) is 0 Å². The number of rotatable bonds is 10. The van der Waals surface area contributed by atoms with E-state index < -0.39 is 0 Å². The lowest BCUT2D eigenvalue weighted by molar-refractivity contribution is -0.133. The minimum atomic E-state index is -0.0160. The molecule has 0 radical (unpaired) electrons. The lowest BCUT2D eigenvalue weighted by atomic mass is 10.1. The number of hydrogen-bond acceptors (Lipinski definition) is 6. The summed E-state index contributed by atoms with van der Waals surface area (Å²) in [5, 5.41) is 10.7. The highest BCUT2D eigenvalue weighted by Gasteiger charge is 2.30. The van der Waals surface area contributed by atoms with Gasteiger partial charge in [-0.15, -0.1) is 10.2 Å². The van der Waals surface area contributed by atoms with Crippen LogP contribution in [-0.2, 0) is 17.8 Å². The van der Waals surface area contributed by atoms with Crippen LogP contribution in [0, 0.1) is 6.92 Å². The lowest BCUT2D eigenvalue weighted by Crippen LogP contribution is -2.55. The quantitative estimate of drug-likeness (QED) is 0.130. The van der Waals surface area contributed by atoms with Crippen LogP contribution in [0.4, 0.5) is 0 Å². The first-order valence-electron chi connectivity index (χ1n) is 15.9. The van der Waals surface area contributed by atoms with Gasteiger partial charge in [0.1, 0.15) is 5.52 Å². The number of thioether (sulfide) groups is 1. The van der Waals surface area contributed by atoms with Gasteiger partial charge >= 0.3 is 0 Å². The van der Waals surface area contributed by atoms with E-state index in [1.54, 1.807) is 11.8 Å². The van der Waals surface area contributed by atoms with Crippen LogP contribution < -0.4 is 0 Å². The van der Waals surface area contributed by atoms with E-state index in [9.17, 15) is 9.59 Å². The summed E-state index contributed by atoms with van der Waals surface area (Å²) in [5.41, 5.74) is 7.14. The molecule has 1 atom stereocenters. The number of hydrogen-bond donors (Lipinski definition) is 0. The monoisotopic (exact) mass is 620 g/mol. The molecule has 1 aliphatic rings. The van der Waals surface area contributed by atoms with Crippen LogP contribution in [0.5, 0.6) is 0 Å². The standard InChI is InChI=1S/C36H40N6O2S/c1-4-27-15-17-29(18-16-27)35(44)41-20-19-40(23-26(41)3)32(43)14-7-8-21-45-36-37-34-33(38-39-36)30-12-5-6-13-31(30)42(34)24-28-11-9-10-25(2)22-28/h5-6,9-13,15-18,22,26H,4,7-8,14,19-21,23-24H2,1-3H3. The third-order valence-corrected chi connectivity index (χ3v) is 9.57. The predicted molar refractivity (Wildman–Crippen MR) is 181 cm³/mol. The van der Waals surface area contributed by atoms with Gasteiger partial charge in [0.15, 0.2) is 5.65 Å². The number of unbranched alkanes of at least 4 members (excludes halogenated alkanes) is 1. The Morgan fingerprint density at radius 3 is 2.53 bits per heavy atom. The number of carbonyl (C=O) groups is 2. The summed E-state index contributed by atoms with van der Waals surface area (Å²) in [6.45, 7) is 8.66. The molecule has 1 saturated heterocycles. The van der Waals surface area contributed by atoms with Crippen LogP contribution in [0.1, 0.15) is 60.2 Å². The average molecular weight is 621 g/mol. The van der Waals surface area contributed by atoms with Gasteiger partial charge in [-0.25, -0.2) is 4.98 Å². The van der Waals surface area contributed by atoms with Crippen LogP contribution in [0.15, 0.2) is 78.0 Å². The Morgan fingerprint density at radius 1 is 0.933 bits per heavy atom. The van der Waals surface area contributed by atoms with E-state index in [0.717, 1.165) is 47.1 Å². The molecule has 1 fully saturated rings. The summed E-state index contributed by atoms with van der Waals surface area (Å²) in [5.74, 6) is 1.01. The van der Waals surface area contributed by atoms with Gasteiger partial charge < -0.3 is 14.4 Å². The van der Waals surface area contributed by atoms with Gasteiger partial charge in [0.25, 0.3) is 5.91 Å². The van der Waals surface area contributed by atoms with Crippen molar-refractivity contribution >= 4 is 45.6 Å². The highest BCUT2D eigenvalue weighted by Crippen LogP contribution is 2.28. The zero-order valence-electron chi connectivity index (χ0n) is 26.3. The van der Waals surface area contributed by atoms with E-state index in [1.165, 1.54) is 16.7 Å². The molecule has 0 spiro atoms. The number of amides is 2. The third kappa shape index (κ3) is 6.88. The first kappa shape index (κ1) is 30.8. The van der Waals surface area contributed by atoms with Crippen LogP contribution in [0.2, 0.25) is 0 Å². The fraction of sp³-hybridized carbons (Fsp3) is 0.361. The van der Waals surface area contributed by atoms with Crippen molar-refractivity contribution in [3.8, 4) is 0 Å². The minimum absolute atomic E-state index is 0.0160. The molecule has 1 unspecified atom stereocenters. The molecule has 0 bridgehead atoms. The Labute approximate surface area is 268 Å². The van der Waals surface area contributed by atoms with Crippen molar-refractivity contribution in [1.29, 1.82) is 0 Å². The molecule has 1 aliphatic heterocycles. The zero-order chi connectivity index (χ0) is 31.3. The zero-order valence-corrected chi connectivity index (χ0v) is 27.1. The lowest BCUT2D eigenvalue weighted by Gasteiger charge is -2.40. The van der Waals surface area contributed by atoms with E-state index >= 15 is 0 Å². The number of fused-ring (bicyclic) bond motifs is 3. The minimum Gasteiger partial charge on any atom is -0.339 e. The summed E-state index contributed by atoms with van der Waals surface area (Å²) in [7, 11) is 0. The highest BCUT2D eigenvalue weighted by atomic mass is 32.2. The van der Waals surface area contributed by atoms with Gasteiger partial charge in [-0.2, -0.15) is 0 Å². The first-order chi connectivity index (χ1) is 21.9. The molecule has 0 saturated carbocycles. The molecule has 3 aromatic carbocycles. The third-order valence-electron chi connectivity index (χ3n) is 8.64. The maximum Gasteiger partial charge on any atom is 0.254 e. The molecule has 0 aliphatic carbocycles. The van der Waals surface area contributed by atoms with Crippen molar-refractivity contribution in [1.82, 2.24) is 29.5 Å². The Kier molecular flexibility index (Phi) is 9.45. The van der Waals surface area contributed by atoms with Crippen LogP contribution >= 0.6 is 11.8 Å². The fourth-order valence-corrected chi connectivity index (χ4v) is 6.92. The van der Waals surface area contributed by atoms with E-state index in [-0.39, 0.29) is 17.9 Å². The number of aromatic nitrogens is 4. The second-order valence-corrected chi connectivity index (χ2v) is 13.0. The van der Waals surface area contributed by atoms with E-state index in [1.807, 2.05) is 53.1 Å². The number of aryl methyl sites for hydroxylation is 2. The summed E-state index contributed by atoms with van der Waals surface area (Å²) in [6, 6.07) is 24.7. The molecule has 2 aromatic heterocycles. The van der Waals surface area contributed by atoms with Crippen LogP contribution in [0.25, 0.3) is 22.1 Å². The largest absolute Gasteiger partial charge is 0.339 e. The predicted octanol–water partition coefficient (Wildman–Crippen LogP) is 6.53. The van der Waals surface area contributed by atoms with Crippen LogP contribution in [-0.4, -0.2) is 72.8 Å². The van der Waals surface area contributed by atoms with E-state index in [4.69, 9.17) is 4.98 Å². The summed E-state index contributed by atoms with van der Waals surface area (Å²) in [4.78, 5) is 34.8. The summed E-state index contributed by atoms with van der Waals surface area (Å²) >= 11 is 1.59. The summed E-state index contributed by atoms with van der Waals surface area (Å²) < 4.78 is 2.23. The SMILES string of the molecule is CCc1ccc(C(=O)N2CCN(C(=O)CCCCSc3nnc4c5ccccc5n(Cc5cccc(C)c5)c4n3)CC2C)cc1. The number of carbonyl (C=O) groups excluding carboxylic acids is 2. The molecule has 8 nitrogen and oxygen atoms in total. The molecule has 9 heteroatoms. The maximum absolute atomic E-state index is 13.1. The second-order valence-electron chi connectivity index (χ2n) is 11.9. The van der Waals surface area contributed by atoms with E-state index in [2.05, 4.69) is 65.0 Å². The summed E-state index contributed by atoms with van der Waals surface area (Å²) in [6.07, 6.45) is 3.13.